The maximum absolute atomic E-state index is 12.1. The van der Waals surface area contributed by atoms with Gasteiger partial charge in [0.25, 0.3) is 5.91 Å². The molecular formula is C11H16N6OS. The van der Waals surface area contributed by atoms with Crippen molar-refractivity contribution in [3.63, 3.8) is 0 Å². The SMILES string of the molecule is Cc1nc(CN(C)C(=O)c2csc(CCN)n2)n[nH]1. The van der Waals surface area contributed by atoms with Gasteiger partial charge >= 0.3 is 0 Å². The summed E-state index contributed by atoms with van der Waals surface area (Å²) < 4.78 is 0. The maximum atomic E-state index is 12.1. The number of aryl methyl sites for hydroxylation is 1. The Bertz CT molecular complexity index is 563. The molecule has 0 atom stereocenters. The summed E-state index contributed by atoms with van der Waals surface area (Å²) in [5.41, 5.74) is 5.91. The van der Waals surface area contributed by atoms with E-state index < -0.39 is 0 Å². The zero-order valence-corrected chi connectivity index (χ0v) is 11.7. The van der Waals surface area contributed by atoms with Gasteiger partial charge in [0, 0.05) is 18.8 Å². The summed E-state index contributed by atoms with van der Waals surface area (Å²) in [6.45, 7) is 2.71. The molecule has 0 saturated carbocycles. The molecule has 102 valence electrons. The van der Waals surface area contributed by atoms with Crippen LogP contribution in [0.5, 0.6) is 0 Å². The number of nitrogens with zero attached hydrogens (tertiary/aromatic N) is 4. The molecule has 2 heterocycles. The quantitative estimate of drug-likeness (QED) is 0.822. The standard InChI is InChI=1S/C11H16N6OS/c1-7-13-9(16-15-7)5-17(2)11(18)8-6-19-10(14-8)3-4-12/h6H,3-5,12H2,1-2H3,(H,13,15,16). The van der Waals surface area contributed by atoms with E-state index in [0.717, 1.165) is 10.8 Å². The van der Waals surface area contributed by atoms with Crippen LogP contribution >= 0.6 is 11.3 Å². The van der Waals surface area contributed by atoms with Crippen molar-refractivity contribution in [1.29, 1.82) is 0 Å². The van der Waals surface area contributed by atoms with Crippen molar-refractivity contribution in [3.05, 3.63) is 27.7 Å². The Labute approximate surface area is 114 Å². The first-order chi connectivity index (χ1) is 9.10. The number of H-pyrrole nitrogens is 1. The predicted octanol–water partition coefficient (Wildman–Crippen LogP) is 0.343. The van der Waals surface area contributed by atoms with Crippen LogP contribution in [-0.2, 0) is 13.0 Å². The second kappa shape index (κ2) is 5.89. The van der Waals surface area contributed by atoms with Gasteiger partial charge < -0.3 is 10.6 Å². The Morgan fingerprint density at radius 3 is 2.95 bits per heavy atom. The summed E-state index contributed by atoms with van der Waals surface area (Å²) >= 11 is 1.45. The van der Waals surface area contributed by atoms with Crippen LogP contribution < -0.4 is 5.73 Å². The van der Waals surface area contributed by atoms with E-state index in [1.807, 2.05) is 6.92 Å². The molecule has 0 aromatic carbocycles. The molecule has 7 nitrogen and oxygen atoms in total. The maximum Gasteiger partial charge on any atom is 0.273 e. The van der Waals surface area contributed by atoms with Crippen molar-refractivity contribution in [3.8, 4) is 0 Å². The van der Waals surface area contributed by atoms with Gasteiger partial charge in [0.15, 0.2) is 5.82 Å². The lowest BCUT2D eigenvalue weighted by molar-refractivity contribution is 0.0776. The summed E-state index contributed by atoms with van der Waals surface area (Å²) in [6.07, 6.45) is 0.696. The van der Waals surface area contributed by atoms with E-state index in [1.165, 1.54) is 11.3 Å². The van der Waals surface area contributed by atoms with Crippen molar-refractivity contribution in [1.82, 2.24) is 25.1 Å². The Hall–Kier alpha value is -1.80. The summed E-state index contributed by atoms with van der Waals surface area (Å²) in [4.78, 5) is 22.1. The molecule has 0 aliphatic carbocycles. The third-order valence-corrected chi connectivity index (χ3v) is 3.41. The molecule has 0 spiro atoms. The van der Waals surface area contributed by atoms with Gasteiger partial charge in [0.2, 0.25) is 0 Å². The minimum absolute atomic E-state index is 0.137. The monoisotopic (exact) mass is 280 g/mol. The highest BCUT2D eigenvalue weighted by Gasteiger charge is 2.16. The number of amides is 1. The highest BCUT2D eigenvalue weighted by atomic mass is 32.1. The third-order valence-electron chi connectivity index (χ3n) is 2.50. The van der Waals surface area contributed by atoms with Crippen molar-refractivity contribution >= 4 is 17.2 Å². The fraction of sp³-hybridized carbons (Fsp3) is 0.455. The molecule has 0 aliphatic rings. The van der Waals surface area contributed by atoms with E-state index in [2.05, 4.69) is 20.2 Å². The van der Waals surface area contributed by atoms with E-state index in [0.29, 0.717) is 31.0 Å². The number of aromatic amines is 1. The van der Waals surface area contributed by atoms with Gasteiger partial charge in [-0.3, -0.25) is 9.89 Å². The van der Waals surface area contributed by atoms with Gasteiger partial charge in [-0.25, -0.2) is 9.97 Å². The molecule has 3 N–H and O–H groups in total. The third kappa shape index (κ3) is 3.36. The molecule has 0 unspecified atom stereocenters. The fourth-order valence-electron chi connectivity index (χ4n) is 1.59. The number of hydrogen-bond donors (Lipinski definition) is 2. The van der Waals surface area contributed by atoms with Crippen LogP contribution in [0, 0.1) is 6.92 Å². The number of rotatable bonds is 5. The van der Waals surface area contributed by atoms with Gasteiger partial charge in [0.1, 0.15) is 11.5 Å². The molecule has 0 bridgehead atoms. The Balaban J connectivity index is 2.01. The molecule has 19 heavy (non-hydrogen) atoms. The number of nitrogens with two attached hydrogens (primary N) is 1. The summed E-state index contributed by atoms with van der Waals surface area (Å²) in [5.74, 6) is 1.18. The van der Waals surface area contributed by atoms with Crippen LogP contribution in [0.4, 0.5) is 0 Å². The molecule has 2 aromatic heterocycles. The van der Waals surface area contributed by atoms with E-state index in [1.54, 1.807) is 17.3 Å². The lowest BCUT2D eigenvalue weighted by atomic mass is 10.4. The first-order valence-electron chi connectivity index (χ1n) is 5.88. The average Bonchev–Trinajstić information content (AvgIpc) is 2.98. The highest BCUT2D eigenvalue weighted by Crippen LogP contribution is 2.12. The normalized spacial score (nSPS) is 10.7. The average molecular weight is 280 g/mol. The molecule has 0 radical (unpaired) electrons. The molecule has 8 heteroatoms. The zero-order valence-electron chi connectivity index (χ0n) is 10.9. The first-order valence-corrected chi connectivity index (χ1v) is 6.76. The lowest BCUT2D eigenvalue weighted by Gasteiger charge is -2.13. The van der Waals surface area contributed by atoms with Crippen LogP contribution in [0.1, 0.15) is 27.1 Å². The van der Waals surface area contributed by atoms with Crippen molar-refractivity contribution in [2.75, 3.05) is 13.6 Å². The zero-order chi connectivity index (χ0) is 13.8. The number of thiazole rings is 1. The molecule has 0 aliphatic heterocycles. The van der Waals surface area contributed by atoms with Crippen molar-refractivity contribution in [2.24, 2.45) is 5.73 Å². The van der Waals surface area contributed by atoms with Crippen LogP contribution in [-0.4, -0.2) is 44.6 Å². The molecule has 1 amide bonds. The fourth-order valence-corrected chi connectivity index (χ4v) is 2.37. The molecule has 2 aromatic rings. The minimum Gasteiger partial charge on any atom is -0.333 e. The van der Waals surface area contributed by atoms with Gasteiger partial charge in [-0.2, -0.15) is 5.10 Å². The van der Waals surface area contributed by atoms with E-state index in [-0.39, 0.29) is 5.91 Å². The number of aromatic nitrogens is 4. The van der Waals surface area contributed by atoms with Crippen LogP contribution in [0.25, 0.3) is 0 Å². The van der Waals surface area contributed by atoms with E-state index >= 15 is 0 Å². The minimum atomic E-state index is -0.137. The molecule has 0 saturated heterocycles. The van der Waals surface area contributed by atoms with Gasteiger partial charge in [-0.15, -0.1) is 11.3 Å². The Morgan fingerprint density at radius 1 is 1.53 bits per heavy atom. The Morgan fingerprint density at radius 2 is 2.32 bits per heavy atom. The van der Waals surface area contributed by atoms with Crippen LogP contribution in [0.2, 0.25) is 0 Å². The molecular weight excluding hydrogens is 264 g/mol. The second-order valence-corrected chi connectivity index (χ2v) is 5.11. The summed E-state index contributed by atoms with van der Waals surface area (Å²) in [6, 6.07) is 0. The summed E-state index contributed by atoms with van der Waals surface area (Å²) in [7, 11) is 1.70. The van der Waals surface area contributed by atoms with Crippen LogP contribution in [0.15, 0.2) is 5.38 Å². The largest absolute Gasteiger partial charge is 0.333 e. The second-order valence-electron chi connectivity index (χ2n) is 4.16. The molecule has 2 rings (SSSR count). The van der Waals surface area contributed by atoms with Crippen molar-refractivity contribution < 1.29 is 4.79 Å². The summed E-state index contributed by atoms with van der Waals surface area (Å²) in [5, 5.41) is 9.39. The topological polar surface area (TPSA) is 101 Å². The van der Waals surface area contributed by atoms with Crippen molar-refractivity contribution in [2.45, 2.75) is 19.9 Å². The Kier molecular flexibility index (Phi) is 4.23. The predicted molar refractivity (Wildman–Crippen MR) is 71.8 cm³/mol. The van der Waals surface area contributed by atoms with E-state index in [9.17, 15) is 4.79 Å². The smallest absolute Gasteiger partial charge is 0.273 e. The lowest BCUT2D eigenvalue weighted by Crippen LogP contribution is -2.27. The molecule has 0 fully saturated rings. The van der Waals surface area contributed by atoms with Gasteiger partial charge in [0.05, 0.1) is 11.6 Å². The van der Waals surface area contributed by atoms with E-state index in [4.69, 9.17) is 5.73 Å². The number of nitrogens with one attached hydrogen (secondary N) is 1. The number of carbonyl (C=O) groups is 1. The highest BCUT2D eigenvalue weighted by molar-refractivity contribution is 7.09. The van der Waals surface area contributed by atoms with Crippen LogP contribution in [0.3, 0.4) is 0 Å². The number of hydrogen-bond acceptors (Lipinski definition) is 6. The number of carbonyl (C=O) groups excluding carboxylic acids is 1. The first kappa shape index (κ1) is 13.6. The van der Waals surface area contributed by atoms with Gasteiger partial charge in [-0.05, 0) is 13.5 Å². The van der Waals surface area contributed by atoms with Gasteiger partial charge in [-0.1, -0.05) is 0 Å².